The maximum absolute atomic E-state index is 13.2. The summed E-state index contributed by atoms with van der Waals surface area (Å²) in [6.45, 7) is 8.76. The number of thiazole rings is 1. The minimum Gasteiger partial charge on any atom is -0.507 e. The van der Waals surface area contributed by atoms with Gasteiger partial charge in [-0.05, 0) is 50.3 Å². The van der Waals surface area contributed by atoms with Crippen LogP contribution in [0, 0.1) is 12.8 Å². The smallest absolute Gasteiger partial charge is 0.202 e. The molecule has 1 aromatic carbocycles. The number of aromatic nitrogens is 1. The first kappa shape index (κ1) is 19.2. The van der Waals surface area contributed by atoms with Crippen molar-refractivity contribution in [1.82, 2.24) is 9.88 Å². The van der Waals surface area contributed by atoms with Gasteiger partial charge in [0.1, 0.15) is 22.6 Å². The Kier molecular flexibility index (Phi) is 5.25. The van der Waals surface area contributed by atoms with Crippen molar-refractivity contribution >= 4 is 22.3 Å². The van der Waals surface area contributed by atoms with Crippen molar-refractivity contribution < 1.29 is 9.52 Å². The molecule has 1 aliphatic heterocycles. The average molecular weight is 399 g/mol. The van der Waals surface area contributed by atoms with E-state index in [1.807, 2.05) is 19.2 Å². The summed E-state index contributed by atoms with van der Waals surface area (Å²) in [6.07, 6.45) is 4.55. The zero-order valence-corrected chi connectivity index (χ0v) is 17.4. The Morgan fingerprint density at radius 1 is 1.43 bits per heavy atom. The second-order valence-electron chi connectivity index (χ2n) is 7.85. The molecule has 0 amide bonds. The van der Waals surface area contributed by atoms with Gasteiger partial charge in [-0.25, -0.2) is 4.98 Å². The highest BCUT2D eigenvalue weighted by Crippen LogP contribution is 2.34. The van der Waals surface area contributed by atoms with E-state index in [-0.39, 0.29) is 11.2 Å². The lowest BCUT2D eigenvalue weighted by molar-refractivity contribution is 0.175. The summed E-state index contributed by atoms with van der Waals surface area (Å²) in [5, 5.41) is 14.0. The van der Waals surface area contributed by atoms with E-state index in [1.54, 1.807) is 6.07 Å². The molecule has 3 heterocycles. The zero-order chi connectivity index (χ0) is 19.8. The molecule has 5 nitrogen and oxygen atoms in total. The van der Waals surface area contributed by atoms with Gasteiger partial charge < -0.3 is 9.52 Å². The molecular weight excluding hydrogens is 372 g/mol. The van der Waals surface area contributed by atoms with Gasteiger partial charge in [0.2, 0.25) is 5.43 Å². The SMILES string of the molecule is CCc1cc2c(=O)c(-c3nc(C)cs3)coc2c(CN2CCC[C@H](C)C2)c1O. The van der Waals surface area contributed by atoms with E-state index < -0.39 is 0 Å². The summed E-state index contributed by atoms with van der Waals surface area (Å²) >= 11 is 1.44. The molecule has 148 valence electrons. The molecule has 28 heavy (non-hydrogen) atoms. The van der Waals surface area contributed by atoms with Crippen LogP contribution in [0.2, 0.25) is 0 Å². The quantitative estimate of drug-likeness (QED) is 0.688. The van der Waals surface area contributed by atoms with Gasteiger partial charge in [-0.15, -0.1) is 11.3 Å². The standard InChI is InChI=1S/C22H26N2O3S/c1-4-15-8-16-20(26)18(22-23-14(3)12-28-22)11-27-21(16)17(19(15)25)10-24-7-5-6-13(2)9-24/h8,11-13,25H,4-7,9-10H2,1-3H3/t13-/m0/s1. The van der Waals surface area contributed by atoms with Crippen molar-refractivity contribution in [2.24, 2.45) is 5.92 Å². The fraction of sp³-hybridized carbons (Fsp3) is 0.455. The highest BCUT2D eigenvalue weighted by atomic mass is 32.1. The number of hydrogen-bond donors (Lipinski definition) is 1. The molecule has 2 aromatic heterocycles. The summed E-state index contributed by atoms with van der Waals surface area (Å²) in [5.41, 5.74) is 3.29. The van der Waals surface area contributed by atoms with E-state index in [1.165, 1.54) is 24.0 Å². The highest BCUT2D eigenvalue weighted by Gasteiger charge is 2.23. The van der Waals surface area contributed by atoms with Crippen molar-refractivity contribution in [2.75, 3.05) is 13.1 Å². The van der Waals surface area contributed by atoms with Crippen LogP contribution in [0.4, 0.5) is 0 Å². The number of likely N-dealkylation sites (tertiary alicyclic amines) is 1. The van der Waals surface area contributed by atoms with Crippen molar-refractivity contribution in [3.63, 3.8) is 0 Å². The Bertz CT molecular complexity index is 1070. The van der Waals surface area contributed by atoms with Gasteiger partial charge in [-0.3, -0.25) is 9.69 Å². The second kappa shape index (κ2) is 7.68. The van der Waals surface area contributed by atoms with Crippen LogP contribution in [-0.2, 0) is 13.0 Å². The van der Waals surface area contributed by atoms with Crippen LogP contribution in [0.5, 0.6) is 5.75 Å². The van der Waals surface area contributed by atoms with Gasteiger partial charge in [0.15, 0.2) is 0 Å². The first-order chi connectivity index (χ1) is 13.5. The topological polar surface area (TPSA) is 66.6 Å². The third-order valence-corrected chi connectivity index (χ3v) is 6.56. The molecule has 0 spiro atoms. The minimum absolute atomic E-state index is 0.0847. The average Bonchev–Trinajstić information content (AvgIpc) is 3.10. The largest absolute Gasteiger partial charge is 0.507 e. The summed E-state index contributed by atoms with van der Waals surface area (Å²) in [4.78, 5) is 20.0. The zero-order valence-electron chi connectivity index (χ0n) is 16.6. The molecule has 1 N–H and O–H groups in total. The third-order valence-electron chi connectivity index (χ3n) is 5.56. The van der Waals surface area contributed by atoms with Crippen LogP contribution >= 0.6 is 11.3 Å². The molecule has 0 unspecified atom stereocenters. The van der Waals surface area contributed by atoms with E-state index in [4.69, 9.17) is 4.42 Å². The molecule has 1 atom stereocenters. The lowest BCUT2D eigenvalue weighted by Gasteiger charge is -2.31. The Hall–Kier alpha value is -2.18. The number of rotatable bonds is 4. The molecule has 3 aromatic rings. The van der Waals surface area contributed by atoms with Crippen LogP contribution in [0.15, 0.2) is 26.9 Å². The normalized spacial score (nSPS) is 18.0. The van der Waals surface area contributed by atoms with E-state index in [0.29, 0.717) is 40.4 Å². The van der Waals surface area contributed by atoms with Crippen LogP contribution < -0.4 is 5.43 Å². The summed E-state index contributed by atoms with van der Waals surface area (Å²) in [7, 11) is 0. The van der Waals surface area contributed by atoms with Gasteiger partial charge >= 0.3 is 0 Å². The predicted octanol–water partition coefficient (Wildman–Crippen LogP) is 4.72. The summed E-state index contributed by atoms with van der Waals surface area (Å²) in [6, 6.07) is 1.78. The lowest BCUT2D eigenvalue weighted by Crippen LogP contribution is -2.33. The molecule has 0 bridgehead atoms. The monoisotopic (exact) mass is 398 g/mol. The van der Waals surface area contributed by atoms with E-state index in [2.05, 4.69) is 16.8 Å². The molecule has 4 rings (SSSR count). The van der Waals surface area contributed by atoms with Crippen molar-refractivity contribution in [3.05, 3.63) is 44.8 Å². The lowest BCUT2D eigenvalue weighted by atomic mass is 9.97. The Balaban J connectivity index is 1.85. The fourth-order valence-corrected chi connectivity index (χ4v) is 4.89. The molecule has 1 saturated heterocycles. The van der Waals surface area contributed by atoms with Crippen LogP contribution in [0.3, 0.4) is 0 Å². The molecule has 0 radical (unpaired) electrons. The van der Waals surface area contributed by atoms with Gasteiger partial charge in [0, 0.05) is 24.2 Å². The maximum atomic E-state index is 13.2. The Morgan fingerprint density at radius 2 is 2.25 bits per heavy atom. The number of phenolic OH excluding ortho intramolecular Hbond substituents is 1. The van der Waals surface area contributed by atoms with E-state index >= 15 is 0 Å². The van der Waals surface area contributed by atoms with Crippen LogP contribution in [0.25, 0.3) is 21.5 Å². The number of piperidine rings is 1. The molecular formula is C22H26N2O3S. The van der Waals surface area contributed by atoms with Gasteiger partial charge in [0.05, 0.1) is 16.5 Å². The van der Waals surface area contributed by atoms with E-state index in [9.17, 15) is 9.90 Å². The Labute approximate surface area is 168 Å². The third kappa shape index (κ3) is 3.47. The minimum atomic E-state index is -0.0847. The predicted molar refractivity (Wildman–Crippen MR) is 113 cm³/mol. The van der Waals surface area contributed by atoms with Crippen LogP contribution in [0.1, 0.15) is 43.5 Å². The van der Waals surface area contributed by atoms with Crippen molar-refractivity contribution in [2.45, 2.75) is 46.6 Å². The van der Waals surface area contributed by atoms with Gasteiger partial charge in [-0.2, -0.15) is 0 Å². The van der Waals surface area contributed by atoms with Crippen molar-refractivity contribution in [1.29, 1.82) is 0 Å². The van der Waals surface area contributed by atoms with Crippen LogP contribution in [-0.4, -0.2) is 28.1 Å². The van der Waals surface area contributed by atoms with Gasteiger partial charge in [-0.1, -0.05) is 13.8 Å². The fourth-order valence-electron chi connectivity index (χ4n) is 4.09. The molecule has 1 fully saturated rings. The maximum Gasteiger partial charge on any atom is 0.202 e. The number of aryl methyl sites for hydroxylation is 2. The Morgan fingerprint density at radius 3 is 2.93 bits per heavy atom. The summed E-state index contributed by atoms with van der Waals surface area (Å²) in [5.74, 6) is 0.900. The summed E-state index contributed by atoms with van der Waals surface area (Å²) < 4.78 is 5.95. The van der Waals surface area contributed by atoms with E-state index in [0.717, 1.165) is 36.3 Å². The second-order valence-corrected chi connectivity index (χ2v) is 8.71. The number of phenols is 1. The molecule has 0 aliphatic carbocycles. The van der Waals surface area contributed by atoms with Gasteiger partial charge in [0.25, 0.3) is 0 Å². The molecule has 6 heteroatoms. The first-order valence-corrected chi connectivity index (χ1v) is 10.8. The van der Waals surface area contributed by atoms with Crippen molar-refractivity contribution in [3.8, 4) is 16.3 Å². The first-order valence-electron chi connectivity index (χ1n) is 9.92. The number of aromatic hydroxyl groups is 1. The number of benzene rings is 1. The molecule has 1 aliphatic rings. The highest BCUT2D eigenvalue weighted by molar-refractivity contribution is 7.13. The number of hydrogen-bond acceptors (Lipinski definition) is 6. The molecule has 0 saturated carbocycles. The number of nitrogens with zero attached hydrogens (tertiary/aromatic N) is 2. The number of fused-ring (bicyclic) bond motifs is 1.